The Labute approximate surface area is 111 Å². The number of carboxylic acid groups (broad SMARTS) is 1. The summed E-state index contributed by atoms with van der Waals surface area (Å²) in [5.74, 6) is -0.712. The molecule has 98 valence electrons. The van der Waals surface area contributed by atoms with Gasteiger partial charge < -0.3 is 5.11 Å². The highest BCUT2D eigenvalue weighted by molar-refractivity contribution is 5.82. The molecule has 19 heavy (non-hydrogen) atoms. The number of pyridine rings is 1. The van der Waals surface area contributed by atoms with E-state index < -0.39 is 5.97 Å². The van der Waals surface area contributed by atoms with E-state index in [9.17, 15) is 9.90 Å². The number of hydrogen-bond donors (Lipinski definition) is 1. The molecular weight excluding hydrogens is 240 g/mol. The van der Waals surface area contributed by atoms with Gasteiger partial charge in [0.25, 0.3) is 0 Å². The topological polar surface area (TPSA) is 53.4 Å². The van der Waals surface area contributed by atoms with Gasteiger partial charge in [0.2, 0.25) is 0 Å². The molecule has 0 spiro atoms. The first-order valence-electron chi connectivity index (χ1n) is 6.55. The molecule has 1 aliphatic rings. The molecule has 1 atom stereocenters. The fraction of sp³-hybridized carbons (Fsp3) is 0.333. The smallest absolute Gasteiger partial charge is 0.320 e. The van der Waals surface area contributed by atoms with Gasteiger partial charge in [-0.1, -0.05) is 18.2 Å². The Morgan fingerprint density at radius 3 is 3.05 bits per heavy atom. The van der Waals surface area contributed by atoms with Crippen LogP contribution in [0.5, 0.6) is 0 Å². The molecule has 1 fully saturated rings. The zero-order valence-electron chi connectivity index (χ0n) is 10.6. The van der Waals surface area contributed by atoms with E-state index in [-0.39, 0.29) is 6.04 Å². The first-order valence-corrected chi connectivity index (χ1v) is 6.55. The van der Waals surface area contributed by atoms with Gasteiger partial charge in [0.05, 0.1) is 5.52 Å². The van der Waals surface area contributed by atoms with Crippen LogP contribution in [0.25, 0.3) is 10.9 Å². The average molecular weight is 256 g/mol. The Bertz CT molecular complexity index is 607. The highest BCUT2D eigenvalue weighted by Gasteiger charge is 2.30. The van der Waals surface area contributed by atoms with Crippen LogP contribution in [0.1, 0.15) is 18.4 Å². The minimum absolute atomic E-state index is 0.341. The molecule has 0 amide bonds. The van der Waals surface area contributed by atoms with Gasteiger partial charge in [0.1, 0.15) is 6.04 Å². The summed E-state index contributed by atoms with van der Waals surface area (Å²) in [6.07, 6.45) is 3.50. The molecule has 2 heterocycles. The maximum atomic E-state index is 11.2. The monoisotopic (exact) mass is 256 g/mol. The van der Waals surface area contributed by atoms with Crippen molar-refractivity contribution in [3.05, 3.63) is 42.1 Å². The Morgan fingerprint density at radius 1 is 1.37 bits per heavy atom. The van der Waals surface area contributed by atoms with Crippen LogP contribution in [0.15, 0.2) is 36.5 Å². The molecule has 1 N–H and O–H groups in total. The van der Waals surface area contributed by atoms with Crippen molar-refractivity contribution < 1.29 is 9.90 Å². The lowest BCUT2D eigenvalue weighted by atomic mass is 10.1. The van der Waals surface area contributed by atoms with E-state index in [1.54, 1.807) is 6.20 Å². The van der Waals surface area contributed by atoms with Gasteiger partial charge in [-0.15, -0.1) is 0 Å². The van der Waals surface area contributed by atoms with Crippen molar-refractivity contribution in [2.75, 3.05) is 6.54 Å². The second-order valence-corrected chi connectivity index (χ2v) is 4.95. The molecule has 0 bridgehead atoms. The largest absolute Gasteiger partial charge is 0.480 e. The highest BCUT2D eigenvalue weighted by Crippen LogP contribution is 2.23. The third kappa shape index (κ3) is 2.31. The summed E-state index contributed by atoms with van der Waals surface area (Å²) in [6.45, 7) is 1.54. The van der Waals surface area contributed by atoms with Gasteiger partial charge in [0.15, 0.2) is 0 Å². The number of carboxylic acids is 1. The van der Waals surface area contributed by atoms with Gasteiger partial charge in [0, 0.05) is 18.1 Å². The van der Waals surface area contributed by atoms with Crippen LogP contribution in [0.4, 0.5) is 0 Å². The molecule has 1 aromatic carbocycles. The van der Waals surface area contributed by atoms with Crippen molar-refractivity contribution in [3.8, 4) is 0 Å². The zero-order chi connectivity index (χ0) is 13.2. The molecule has 1 unspecified atom stereocenters. The number of aromatic nitrogens is 1. The predicted molar refractivity (Wildman–Crippen MR) is 72.8 cm³/mol. The highest BCUT2D eigenvalue weighted by atomic mass is 16.4. The normalized spacial score (nSPS) is 19.9. The van der Waals surface area contributed by atoms with E-state index in [4.69, 9.17) is 0 Å². The van der Waals surface area contributed by atoms with E-state index in [1.807, 2.05) is 35.2 Å². The van der Waals surface area contributed by atoms with Crippen LogP contribution >= 0.6 is 0 Å². The number of carbonyl (C=O) groups is 1. The Morgan fingerprint density at radius 2 is 2.21 bits per heavy atom. The molecular formula is C15H16N2O2. The van der Waals surface area contributed by atoms with Gasteiger partial charge in [-0.05, 0) is 37.1 Å². The SMILES string of the molecule is O=C(O)C1CCCN1Cc1ccnc2ccccc12. The molecule has 2 aromatic rings. The number of hydrogen-bond acceptors (Lipinski definition) is 3. The van der Waals surface area contributed by atoms with Crippen LogP contribution in [0.2, 0.25) is 0 Å². The maximum absolute atomic E-state index is 11.2. The van der Waals surface area contributed by atoms with Gasteiger partial charge in [-0.2, -0.15) is 0 Å². The van der Waals surface area contributed by atoms with Crippen LogP contribution in [0, 0.1) is 0 Å². The summed E-state index contributed by atoms with van der Waals surface area (Å²) in [6, 6.07) is 9.63. The summed E-state index contributed by atoms with van der Waals surface area (Å²) in [5, 5.41) is 10.3. The van der Waals surface area contributed by atoms with E-state index in [1.165, 1.54) is 0 Å². The molecule has 0 saturated carbocycles. The Hall–Kier alpha value is -1.94. The van der Waals surface area contributed by atoms with Gasteiger partial charge in [-0.25, -0.2) is 0 Å². The summed E-state index contributed by atoms with van der Waals surface area (Å²) in [7, 11) is 0. The minimum atomic E-state index is -0.712. The van der Waals surface area contributed by atoms with Crippen molar-refractivity contribution in [1.82, 2.24) is 9.88 Å². The molecule has 0 radical (unpaired) electrons. The number of nitrogens with zero attached hydrogens (tertiary/aromatic N) is 2. The Balaban J connectivity index is 1.91. The lowest BCUT2D eigenvalue weighted by Crippen LogP contribution is -2.35. The quantitative estimate of drug-likeness (QED) is 0.915. The van der Waals surface area contributed by atoms with E-state index >= 15 is 0 Å². The maximum Gasteiger partial charge on any atom is 0.320 e. The van der Waals surface area contributed by atoms with E-state index in [0.29, 0.717) is 6.54 Å². The number of fused-ring (bicyclic) bond motifs is 1. The van der Waals surface area contributed by atoms with Crippen molar-refractivity contribution in [2.45, 2.75) is 25.4 Å². The molecule has 4 heteroatoms. The summed E-state index contributed by atoms with van der Waals surface area (Å²) in [5.41, 5.74) is 2.12. The molecule has 4 nitrogen and oxygen atoms in total. The first-order chi connectivity index (χ1) is 9.25. The molecule has 1 aromatic heterocycles. The number of likely N-dealkylation sites (tertiary alicyclic amines) is 1. The van der Waals surface area contributed by atoms with Crippen molar-refractivity contribution >= 4 is 16.9 Å². The summed E-state index contributed by atoms with van der Waals surface area (Å²) in [4.78, 5) is 17.6. The fourth-order valence-corrected chi connectivity index (χ4v) is 2.81. The number of aliphatic carboxylic acids is 1. The minimum Gasteiger partial charge on any atom is -0.480 e. The number of para-hydroxylation sites is 1. The molecule has 1 aliphatic heterocycles. The Kier molecular flexibility index (Phi) is 3.17. The van der Waals surface area contributed by atoms with E-state index in [0.717, 1.165) is 35.9 Å². The number of rotatable bonds is 3. The second-order valence-electron chi connectivity index (χ2n) is 4.95. The van der Waals surface area contributed by atoms with Crippen LogP contribution < -0.4 is 0 Å². The third-order valence-electron chi connectivity index (χ3n) is 3.76. The second kappa shape index (κ2) is 4.97. The number of benzene rings is 1. The van der Waals surface area contributed by atoms with Crippen LogP contribution in [0.3, 0.4) is 0 Å². The lowest BCUT2D eigenvalue weighted by Gasteiger charge is -2.21. The standard InChI is InChI=1S/C15H16N2O2/c18-15(19)14-6-3-9-17(14)10-11-7-8-16-13-5-2-1-4-12(11)13/h1-2,4-5,7-8,14H,3,6,9-10H2,(H,18,19). The van der Waals surface area contributed by atoms with Crippen molar-refractivity contribution in [1.29, 1.82) is 0 Å². The van der Waals surface area contributed by atoms with Crippen LogP contribution in [-0.2, 0) is 11.3 Å². The lowest BCUT2D eigenvalue weighted by molar-refractivity contribution is -0.142. The predicted octanol–water partition coefficient (Wildman–Crippen LogP) is 2.28. The van der Waals surface area contributed by atoms with Gasteiger partial charge in [-0.3, -0.25) is 14.7 Å². The first kappa shape index (κ1) is 12.1. The van der Waals surface area contributed by atoms with Crippen molar-refractivity contribution in [3.63, 3.8) is 0 Å². The zero-order valence-corrected chi connectivity index (χ0v) is 10.6. The summed E-state index contributed by atoms with van der Waals surface area (Å²) >= 11 is 0. The van der Waals surface area contributed by atoms with Gasteiger partial charge >= 0.3 is 5.97 Å². The molecule has 3 rings (SSSR count). The summed E-state index contributed by atoms with van der Waals surface area (Å²) < 4.78 is 0. The molecule has 0 aliphatic carbocycles. The van der Waals surface area contributed by atoms with E-state index in [2.05, 4.69) is 4.98 Å². The van der Waals surface area contributed by atoms with Crippen LogP contribution in [-0.4, -0.2) is 33.5 Å². The third-order valence-corrected chi connectivity index (χ3v) is 3.76. The molecule has 1 saturated heterocycles. The average Bonchev–Trinajstić information content (AvgIpc) is 2.87. The fourth-order valence-electron chi connectivity index (χ4n) is 2.81. The van der Waals surface area contributed by atoms with Crippen molar-refractivity contribution in [2.24, 2.45) is 0 Å².